The minimum atomic E-state index is -3.66. The van der Waals surface area contributed by atoms with Crippen molar-refractivity contribution in [2.45, 2.75) is 49.2 Å². The van der Waals surface area contributed by atoms with Gasteiger partial charge in [-0.2, -0.15) is 18.0 Å². The third-order valence-corrected chi connectivity index (χ3v) is 7.32. The fraction of sp³-hybridized carbons (Fsp3) is 0.632. The van der Waals surface area contributed by atoms with Gasteiger partial charge in [-0.25, -0.2) is 5.14 Å². The molecule has 0 amide bonds. The van der Waals surface area contributed by atoms with E-state index in [-0.39, 0.29) is 17.9 Å². The van der Waals surface area contributed by atoms with Gasteiger partial charge in [0.1, 0.15) is 0 Å². The Morgan fingerprint density at radius 3 is 2.43 bits per heavy atom. The maximum atomic E-state index is 11.5. The van der Waals surface area contributed by atoms with Gasteiger partial charge in [-0.1, -0.05) is 30.3 Å². The molecule has 3 N–H and O–H groups in total. The first-order chi connectivity index (χ1) is 12.9. The molecule has 0 spiro atoms. The van der Waals surface area contributed by atoms with Crippen molar-refractivity contribution in [2.24, 2.45) is 5.14 Å². The summed E-state index contributed by atoms with van der Waals surface area (Å²) in [4.78, 5) is 2.30. The summed E-state index contributed by atoms with van der Waals surface area (Å²) in [6.07, 6.45) is 3.60. The highest BCUT2D eigenvalue weighted by Gasteiger charge is 2.51. The Morgan fingerprint density at radius 2 is 1.86 bits per heavy atom. The van der Waals surface area contributed by atoms with Crippen molar-refractivity contribution in [1.29, 1.82) is 5.26 Å². The lowest BCUT2D eigenvalue weighted by atomic mass is 9.84. The minimum Gasteiger partial charge on any atom is -0.311 e. The number of hydrogen-bond donors (Lipinski definition) is 2. The van der Waals surface area contributed by atoms with Crippen LogP contribution in [0.3, 0.4) is 0 Å². The van der Waals surface area contributed by atoms with E-state index in [4.69, 9.17) is 5.14 Å². The average Bonchev–Trinajstić information content (AvgIpc) is 3.37. The number of halogens is 1. The molecular formula is C19H28ClN5O2S. The van der Waals surface area contributed by atoms with Crippen LogP contribution in [-0.4, -0.2) is 61.4 Å². The highest BCUT2D eigenvalue weighted by Crippen LogP contribution is 2.41. The number of hydrogen-bond acceptors (Lipinski definition) is 5. The molecule has 2 aliphatic heterocycles. The number of rotatable bonds is 6. The molecule has 3 aliphatic rings. The molecular weight excluding hydrogens is 398 g/mol. The molecule has 3 fully saturated rings. The molecule has 28 heavy (non-hydrogen) atoms. The average molecular weight is 426 g/mol. The minimum absolute atomic E-state index is 0. The maximum Gasteiger partial charge on any atom is 0.277 e. The summed E-state index contributed by atoms with van der Waals surface area (Å²) < 4.78 is 24.3. The van der Waals surface area contributed by atoms with Crippen LogP contribution in [0.5, 0.6) is 0 Å². The summed E-state index contributed by atoms with van der Waals surface area (Å²) in [7, 11) is -3.66. The molecule has 2 atom stereocenters. The van der Waals surface area contributed by atoms with Gasteiger partial charge in [-0.15, -0.1) is 12.4 Å². The van der Waals surface area contributed by atoms with E-state index in [0.29, 0.717) is 37.5 Å². The Hall–Kier alpha value is -1.21. The lowest BCUT2D eigenvalue weighted by Crippen LogP contribution is -2.73. The second kappa shape index (κ2) is 8.27. The van der Waals surface area contributed by atoms with E-state index in [2.05, 4.69) is 46.6 Å². The fourth-order valence-corrected chi connectivity index (χ4v) is 5.47. The van der Waals surface area contributed by atoms with Crippen molar-refractivity contribution in [3.05, 3.63) is 35.9 Å². The predicted octanol–water partition coefficient (Wildman–Crippen LogP) is 1.19. The van der Waals surface area contributed by atoms with Crippen molar-refractivity contribution >= 4 is 22.6 Å². The predicted molar refractivity (Wildman–Crippen MR) is 110 cm³/mol. The second-order valence-corrected chi connectivity index (χ2v) is 9.71. The zero-order valence-corrected chi connectivity index (χ0v) is 17.5. The standard InChI is InChI=1S/C19H27N5O2S.ClH/c20-9-8-19(13-24(14-19)27(21,25)26)23-10-6-16(7-11-23)22-18-12-17(18)15-4-2-1-3-5-15;/h1-5,16-18,22H,6-8,10-14H2,(H2,21,25,26);1H/t17-,18+;/m0./s1. The van der Waals surface area contributed by atoms with Crippen LogP contribution < -0.4 is 10.5 Å². The van der Waals surface area contributed by atoms with Crippen molar-refractivity contribution in [3.63, 3.8) is 0 Å². The van der Waals surface area contributed by atoms with Crippen LogP contribution in [0.1, 0.15) is 37.2 Å². The highest BCUT2D eigenvalue weighted by atomic mass is 35.5. The smallest absolute Gasteiger partial charge is 0.277 e. The largest absolute Gasteiger partial charge is 0.311 e. The summed E-state index contributed by atoms with van der Waals surface area (Å²) in [5, 5.41) is 18.2. The van der Waals surface area contributed by atoms with Crippen LogP contribution in [0.2, 0.25) is 0 Å². The molecule has 7 nitrogen and oxygen atoms in total. The van der Waals surface area contributed by atoms with Gasteiger partial charge in [0.25, 0.3) is 10.2 Å². The van der Waals surface area contributed by atoms with Crippen LogP contribution in [-0.2, 0) is 10.2 Å². The van der Waals surface area contributed by atoms with Crippen molar-refractivity contribution < 1.29 is 8.42 Å². The van der Waals surface area contributed by atoms with Crippen LogP contribution in [0.25, 0.3) is 0 Å². The van der Waals surface area contributed by atoms with E-state index in [1.165, 1.54) is 16.3 Å². The molecule has 0 aromatic heterocycles. The van der Waals surface area contributed by atoms with E-state index < -0.39 is 10.2 Å². The third-order valence-electron chi connectivity index (χ3n) is 6.34. The van der Waals surface area contributed by atoms with E-state index in [1.54, 1.807) is 0 Å². The van der Waals surface area contributed by atoms with Gasteiger partial charge in [-0.05, 0) is 24.8 Å². The lowest BCUT2D eigenvalue weighted by molar-refractivity contribution is -0.0255. The zero-order chi connectivity index (χ0) is 19.1. The number of nitrogens with two attached hydrogens (primary N) is 1. The lowest BCUT2D eigenvalue weighted by Gasteiger charge is -2.55. The topological polar surface area (TPSA) is 102 Å². The molecule has 4 rings (SSSR count). The van der Waals surface area contributed by atoms with Crippen LogP contribution >= 0.6 is 12.4 Å². The molecule has 1 aromatic rings. The van der Waals surface area contributed by atoms with Gasteiger partial charge in [0.2, 0.25) is 0 Å². The third kappa shape index (κ3) is 4.35. The maximum absolute atomic E-state index is 11.5. The molecule has 154 valence electrons. The number of nitrogens with zero attached hydrogens (tertiary/aromatic N) is 3. The van der Waals surface area contributed by atoms with Crippen LogP contribution in [0.15, 0.2) is 30.3 Å². The number of benzene rings is 1. The fourth-order valence-electron chi connectivity index (χ4n) is 4.63. The quantitative estimate of drug-likeness (QED) is 0.712. The molecule has 0 radical (unpaired) electrons. The number of nitrogens with one attached hydrogen (secondary N) is 1. The molecule has 1 saturated carbocycles. The van der Waals surface area contributed by atoms with Crippen molar-refractivity contribution in [1.82, 2.24) is 14.5 Å². The monoisotopic (exact) mass is 425 g/mol. The number of likely N-dealkylation sites (tertiary alicyclic amines) is 1. The Morgan fingerprint density at radius 1 is 1.21 bits per heavy atom. The normalized spacial score (nSPS) is 28.0. The van der Waals surface area contributed by atoms with Crippen molar-refractivity contribution in [3.8, 4) is 6.07 Å². The van der Waals surface area contributed by atoms with Gasteiger partial charge in [0.15, 0.2) is 0 Å². The summed E-state index contributed by atoms with van der Waals surface area (Å²) in [6, 6.07) is 14.0. The van der Waals surface area contributed by atoms with Gasteiger partial charge in [0, 0.05) is 44.2 Å². The Kier molecular flexibility index (Phi) is 6.35. The van der Waals surface area contributed by atoms with Gasteiger partial charge in [0.05, 0.1) is 18.0 Å². The first-order valence-electron chi connectivity index (χ1n) is 9.62. The van der Waals surface area contributed by atoms with Gasteiger partial charge < -0.3 is 5.32 Å². The number of nitriles is 1. The zero-order valence-electron chi connectivity index (χ0n) is 15.8. The molecule has 2 heterocycles. The van der Waals surface area contributed by atoms with Crippen LogP contribution in [0, 0.1) is 11.3 Å². The van der Waals surface area contributed by atoms with E-state index in [1.807, 2.05) is 0 Å². The summed E-state index contributed by atoms with van der Waals surface area (Å²) in [5.41, 5.74) is 1.05. The molecule has 0 unspecified atom stereocenters. The van der Waals surface area contributed by atoms with Crippen LogP contribution in [0.4, 0.5) is 0 Å². The van der Waals surface area contributed by atoms with Crippen molar-refractivity contribution in [2.75, 3.05) is 26.2 Å². The first-order valence-corrected chi connectivity index (χ1v) is 11.1. The first kappa shape index (κ1) is 21.5. The summed E-state index contributed by atoms with van der Waals surface area (Å²) in [5.74, 6) is 0.629. The van der Waals surface area contributed by atoms with E-state index in [0.717, 1.165) is 25.9 Å². The Labute approximate surface area is 173 Å². The molecule has 0 bridgehead atoms. The van der Waals surface area contributed by atoms with E-state index in [9.17, 15) is 13.7 Å². The molecule has 1 aliphatic carbocycles. The summed E-state index contributed by atoms with van der Waals surface area (Å²) in [6.45, 7) is 2.44. The van der Waals surface area contributed by atoms with Gasteiger partial charge >= 0.3 is 0 Å². The molecule has 2 saturated heterocycles. The second-order valence-electron chi connectivity index (χ2n) is 8.16. The SMILES string of the molecule is Cl.N#CCC1(N2CCC(N[C@@H]3C[C@H]3c3ccccc3)CC2)CN(S(N)(=O)=O)C1. The van der Waals surface area contributed by atoms with Gasteiger partial charge in [-0.3, -0.25) is 4.90 Å². The molecule has 9 heteroatoms. The summed E-state index contributed by atoms with van der Waals surface area (Å²) >= 11 is 0. The Balaban J connectivity index is 0.00000225. The highest BCUT2D eigenvalue weighted by molar-refractivity contribution is 7.86. The number of piperidine rings is 1. The Bertz CT molecular complexity index is 814. The van der Waals surface area contributed by atoms with E-state index >= 15 is 0 Å². The molecule has 1 aromatic carbocycles.